The number of hydrogen-bond donors (Lipinski definition) is 0. The topological polar surface area (TPSA) is 0 Å². The Balaban J connectivity index is 3.36. The Kier molecular flexibility index (Phi) is 10.3. The number of hydrogen-bond acceptors (Lipinski definition) is 0. The highest BCUT2D eigenvalue weighted by Crippen LogP contribution is 2.17. The third kappa shape index (κ3) is 8.17. The van der Waals surface area contributed by atoms with E-state index in [1.54, 1.807) is 0 Å². The lowest BCUT2D eigenvalue weighted by atomic mass is 9.95. The number of unbranched alkanes of at least 4 members (excludes halogenated alkanes) is 4. The Morgan fingerprint density at radius 2 is 1.71 bits per heavy atom. The minimum Gasteiger partial charge on any atom is -0.107 e. The molecule has 0 amide bonds. The van der Waals surface area contributed by atoms with E-state index in [4.69, 9.17) is 0 Å². The molecule has 0 bridgehead atoms. The van der Waals surface area contributed by atoms with Crippen LogP contribution in [0.3, 0.4) is 0 Å². The smallest absolute Gasteiger partial charge is 0.0117 e. The van der Waals surface area contributed by atoms with E-state index >= 15 is 0 Å². The van der Waals surface area contributed by atoms with Crippen LogP contribution in [0.5, 0.6) is 0 Å². The molecular weight excluding hydrogens is 168 g/mol. The molecule has 0 radical (unpaired) electrons. The van der Waals surface area contributed by atoms with E-state index in [1.165, 1.54) is 44.9 Å². The van der Waals surface area contributed by atoms with Gasteiger partial charge in [-0.05, 0) is 19.3 Å². The molecule has 82 valence electrons. The second-order valence-electron chi connectivity index (χ2n) is 4.11. The van der Waals surface area contributed by atoms with Gasteiger partial charge in [0.05, 0.1) is 0 Å². The van der Waals surface area contributed by atoms with Crippen LogP contribution < -0.4 is 0 Å². The SMILES string of the molecule is CC#CCC(CC)CCCCCCC. The van der Waals surface area contributed by atoms with Crippen LogP contribution in [0, 0.1) is 17.8 Å². The van der Waals surface area contributed by atoms with Crippen molar-refractivity contribution in [3.8, 4) is 11.8 Å². The fourth-order valence-electron chi connectivity index (χ4n) is 1.73. The minimum atomic E-state index is 0.851. The van der Waals surface area contributed by atoms with Gasteiger partial charge in [-0.3, -0.25) is 0 Å². The molecule has 14 heavy (non-hydrogen) atoms. The maximum atomic E-state index is 3.20. The van der Waals surface area contributed by atoms with Crippen LogP contribution in [-0.2, 0) is 0 Å². The maximum absolute atomic E-state index is 3.20. The fraction of sp³-hybridized carbons (Fsp3) is 0.857. The van der Waals surface area contributed by atoms with Gasteiger partial charge in [-0.2, -0.15) is 0 Å². The molecule has 0 fully saturated rings. The van der Waals surface area contributed by atoms with Gasteiger partial charge in [0.15, 0.2) is 0 Å². The quantitative estimate of drug-likeness (QED) is 0.385. The Hall–Kier alpha value is -0.440. The molecule has 0 spiro atoms. The van der Waals surface area contributed by atoms with Crippen LogP contribution in [0.4, 0.5) is 0 Å². The van der Waals surface area contributed by atoms with Crippen molar-refractivity contribution >= 4 is 0 Å². The van der Waals surface area contributed by atoms with Crippen molar-refractivity contribution in [2.75, 3.05) is 0 Å². The third-order valence-electron chi connectivity index (χ3n) is 2.86. The molecule has 1 unspecified atom stereocenters. The van der Waals surface area contributed by atoms with Crippen LogP contribution in [0.2, 0.25) is 0 Å². The molecule has 0 aromatic carbocycles. The fourth-order valence-corrected chi connectivity index (χ4v) is 1.73. The van der Waals surface area contributed by atoms with Gasteiger partial charge in [-0.15, -0.1) is 11.8 Å². The largest absolute Gasteiger partial charge is 0.107 e. The average Bonchev–Trinajstić information content (AvgIpc) is 2.22. The zero-order valence-electron chi connectivity index (χ0n) is 10.2. The summed E-state index contributed by atoms with van der Waals surface area (Å²) in [5.41, 5.74) is 0. The van der Waals surface area contributed by atoms with Crippen molar-refractivity contribution < 1.29 is 0 Å². The highest BCUT2D eigenvalue weighted by molar-refractivity contribution is 4.96. The molecule has 0 aliphatic rings. The molecule has 0 aliphatic carbocycles. The van der Waals surface area contributed by atoms with Gasteiger partial charge < -0.3 is 0 Å². The van der Waals surface area contributed by atoms with Crippen LogP contribution >= 0.6 is 0 Å². The second-order valence-corrected chi connectivity index (χ2v) is 4.11. The van der Waals surface area contributed by atoms with Gasteiger partial charge in [-0.25, -0.2) is 0 Å². The van der Waals surface area contributed by atoms with Crippen LogP contribution in [0.25, 0.3) is 0 Å². The summed E-state index contributed by atoms with van der Waals surface area (Å²) in [5.74, 6) is 7.05. The van der Waals surface area contributed by atoms with Crippen molar-refractivity contribution in [1.29, 1.82) is 0 Å². The predicted octanol–water partition coefficient (Wildman–Crippen LogP) is 4.79. The van der Waals surface area contributed by atoms with E-state index in [0.717, 1.165) is 12.3 Å². The van der Waals surface area contributed by atoms with Gasteiger partial charge in [0.25, 0.3) is 0 Å². The second kappa shape index (κ2) is 10.6. The van der Waals surface area contributed by atoms with E-state index in [9.17, 15) is 0 Å². The summed E-state index contributed by atoms with van der Waals surface area (Å²) in [4.78, 5) is 0. The van der Waals surface area contributed by atoms with Gasteiger partial charge >= 0.3 is 0 Å². The summed E-state index contributed by atoms with van der Waals surface area (Å²) in [6.07, 6.45) is 10.8. The van der Waals surface area contributed by atoms with E-state index in [2.05, 4.69) is 25.7 Å². The van der Waals surface area contributed by atoms with Crippen LogP contribution in [0.1, 0.15) is 72.1 Å². The van der Waals surface area contributed by atoms with Gasteiger partial charge in [-0.1, -0.05) is 52.4 Å². The Morgan fingerprint density at radius 3 is 2.29 bits per heavy atom. The molecule has 0 aromatic rings. The van der Waals surface area contributed by atoms with Crippen molar-refractivity contribution in [2.45, 2.75) is 72.1 Å². The first kappa shape index (κ1) is 13.6. The van der Waals surface area contributed by atoms with Crippen LogP contribution in [0.15, 0.2) is 0 Å². The summed E-state index contributed by atoms with van der Waals surface area (Å²) in [5, 5.41) is 0. The Labute approximate surface area is 90.5 Å². The highest BCUT2D eigenvalue weighted by atomic mass is 14.1. The highest BCUT2D eigenvalue weighted by Gasteiger charge is 2.03. The molecule has 0 heterocycles. The molecule has 0 aromatic heterocycles. The van der Waals surface area contributed by atoms with Crippen molar-refractivity contribution in [1.82, 2.24) is 0 Å². The van der Waals surface area contributed by atoms with Gasteiger partial charge in [0, 0.05) is 6.42 Å². The van der Waals surface area contributed by atoms with Crippen LogP contribution in [-0.4, -0.2) is 0 Å². The van der Waals surface area contributed by atoms with Gasteiger partial charge in [0.2, 0.25) is 0 Å². The Bertz CT molecular complexity index is 159. The molecule has 0 aliphatic heterocycles. The third-order valence-corrected chi connectivity index (χ3v) is 2.86. The molecule has 0 N–H and O–H groups in total. The van der Waals surface area contributed by atoms with E-state index < -0.39 is 0 Å². The summed E-state index contributed by atoms with van der Waals surface area (Å²) < 4.78 is 0. The zero-order chi connectivity index (χ0) is 10.6. The summed E-state index contributed by atoms with van der Waals surface area (Å²) >= 11 is 0. The lowest BCUT2D eigenvalue weighted by Crippen LogP contribution is -1.97. The first-order valence-corrected chi connectivity index (χ1v) is 6.24. The average molecular weight is 194 g/mol. The summed E-state index contributed by atoms with van der Waals surface area (Å²) in [6.45, 7) is 6.49. The number of rotatable bonds is 8. The van der Waals surface area contributed by atoms with Crippen molar-refractivity contribution in [2.24, 2.45) is 5.92 Å². The normalized spacial score (nSPS) is 11.9. The van der Waals surface area contributed by atoms with E-state index in [0.29, 0.717) is 0 Å². The lowest BCUT2D eigenvalue weighted by Gasteiger charge is -2.10. The molecule has 0 saturated heterocycles. The molecule has 1 atom stereocenters. The molecule has 0 nitrogen and oxygen atoms in total. The molecular formula is C14H26. The lowest BCUT2D eigenvalue weighted by molar-refractivity contribution is 0.448. The summed E-state index contributed by atoms with van der Waals surface area (Å²) in [7, 11) is 0. The molecule has 0 saturated carbocycles. The zero-order valence-corrected chi connectivity index (χ0v) is 10.2. The maximum Gasteiger partial charge on any atom is 0.0117 e. The minimum absolute atomic E-state index is 0.851. The predicted molar refractivity (Wildman–Crippen MR) is 65.2 cm³/mol. The standard InChI is InChI=1S/C14H26/c1-4-7-9-10-11-13-14(6-3)12-8-5-2/h14H,4,6-7,9-13H2,1-3H3. The first-order valence-electron chi connectivity index (χ1n) is 6.24. The van der Waals surface area contributed by atoms with Crippen molar-refractivity contribution in [3.05, 3.63) is 0 Å². The van der Waals surface area contributed by atoms with Crippen molar-refractivity contribution in [3.63, 3.8) is 0 Å². The van der Waals surface area contributed by atoms with E-state index in [1.807, 2.05) is 6.92 Å². The van der Waals surface area contributed by atoms with Gasteiger partial charge in [0.1, 0.15) is 0 Å². The monoisotopic (exact) mass is 194 g/mol. The summed E-state index contributed by atoms with van der Waals surface area (Å²) in [6, 6.07) is 0. The first-order chi connectivity index (χ1) is 6.85. The van der Waals surface area contributed by atoms with E-state index in [-0.39, 0.29) is 0 Å². The molecule has 0 rings (SSSR count). The molecule has 0 heteroatoms. The Morgan fingerprint density at radius 1 is 1.00 bits per heavy atom.